The van der Waals surface area contributed by atoms with E-state index in [1.54, 1.807) is 24.0 Å². The van der Waals surface area contributed by atoms with Crippen LogP contribution in [-0.2, 0) is 0 Å². The molecule has 1 aromatic carbocycles. The molecule has 4 nitrogen and oxygen atoms in total. The Morgan fingerprint density at radius 3 is 2.53 bits per heavy atom. The van der Waals surface area contributed by atoms with Gasteiger partial charge in [0.2, 0.25) is 0 Å². The zero-order valence-electron chi connectivity index (χ0n) is 8.67. The molecule has 0 saturated carbocycles. The number of aliphatic hydroxyl groups excluding tert-OH is 1. The third kappa shape index (κ3) is 3.11. The molecule has 1 atom stereocenters. The third-order valence-corrected chi connectivity index (χ3v) is 1.89. The number of nitrogens with zero attached hydrogens (tertiary/aromatic N) is 2. The van der Waals surface area contributed by atoms with Crippen LogP contribution in [0, 0.1) is 0 Å². The number of aliphatic imine (C=N–C) groups is 1. The highest BCUT2D eigenvalue weighted by Crippen LogP contribution is 2.16. The van der Waals surface area contributed by atoms with E-state index in [0.29, 0.717) is 5.69 Å². The van der Waals surface area contributed by atoms with Crippen molar-refractivity contribution in [1.82, 2.24) is 0 Å². The summed E-state index contributed by atoms with van der Waals surface area (Å²) in [6, 6.07) is 7.17. The van der Waals surface area contributed by atoms with Crippen LogP contribution in [0.3, 0.4) is 0 Å². The van der Waals surface area contributed by atoms with E-state index in [1.807, 2.05) is 12.1 Å². The molecule has 0 saturated heterocycles. The van der Waals surface area contributed by atoms with Crippen molar-refractivity contribution in [1.29, 1.82) is 0 Å². The third-order valence-electron chi connectivity index (χ3n) is 1.89. The molecule has 0 amide bonds. The number of benzene rings is 1. The van der Waals surface area contributed by atoms with Crippen LogP contribution in [0.1, 0.15) is 6.92 Å². The molecule has 0 bridgehead atoms. The van der Waals surface area contributed by atoms with Crippen LogP contribution < -0.4 is 10.6 Å². The van der Waals surface area contributed by atoms with E-state index in [0.717, 1.165) is 5.69 Å². The summed E-state index contributed by atoms with van der Waals surface area (Å²) in [5.41, 5.74) is 7.08. The maximum atomic E-state index is 9.53. The molecule has 0 aliphatic heterocycles. The minimum absolute atomic E-state index is 0.655. The van der Waals surface area contributed by atoms with Crippen LogP contribution in [0.25, 0.3) is 0 Å². The molecule has 3 N–H and O–H groups in total. The highest BCUT2D eigenvalue weighted by molar-refractivity contribution is 5.80. The van der Waals surface area contributed by atoms with Gasteiger partial charge in [-0.25, -0.2) is 4.99 Å². The van der Waals surface area contributed by atoms with Crippen LogP contribution in [0.4, 0.5) is 11.4 Å². The van der Waals surface area contributed by atoms with Gasteiger partial charge in [-0.3, -0.25) is 0 Å². The number of aliphatic hydroxyl groups is 1. The van der Waals surface area contributed by atoms with Crippen molar-refractivity contribution < 1.29 is 5.11 Å². The summed E-state index contributed by atoms with van der Waals surface area (Å²) in [7, 11) is 0. The van der Waals surface area contributed by atoms with Gasteiger partial charge in [-0.05, 0) is 31.2 Å². The maximum Gasteiger partial charge on any atom is 0.129 e. The van der Waals surface area contributed by atoms with Gasteiger partial charge in [-0.2, -0.15) is 0 Å². The van der Waals surface area contributed by atoms with Gasteiger partial charge >= 0.3 is 0 Å². The molecule has 15 heavy (non-hydrogen) atoms. The van der Waals surface area contributed by atoms with E-state index in [1.165, 1.54) is 12.5 Å². The summed E-state index contributed by atoms with van der Waals surface area (Å²) < 4.78 is 0. The number of nitrogen functional groups attached to an aromatic ring is 1. The Kier molecular flexibility index (Phi) is 3.88. The molecule has 4 heteroatoms. The summed E-state index contributed by atoms with van der Waals surface area (Å²) in [6.07, 6.45) is 2.27. The van der Waals surface area contributed by atoms with Crippen LogP contribution in [0.5, 0.6) is 0 Å². The lowest BCUT2D eigenvalue weighted by molar-refractivity contribution is 0.205. The van der Waals surface area contributed by atoms with Gasteiger partial charge in [0.15, 0.2) is 0 Å². The molecule has 0 fully saturated rings. The normalized spacial score (nSPS) is 12.7. The Labute approximate surface area is 89.4 Å². The molecule has 80 valence electrons. The average Bonchev–Trinajstić information content (AvgIpc) is 2.21. The largest absolute Gasteiger partial charge is 0.399 e. The summed E-state index contributed by atoms with van der Waals surface area (Å²) in [5, 5.41) is 9.53. The summed E-state index contributed by atoms with van der Waals surface area (Å²) in [6.45, 7) is 5.13. The Bertz CT molecular complexity index is 343. The zero-order valence-corrected chi connectivity index (χ0v) is 8.67. The predicted octanol–water partition coefficient (Wildman–Crippen LogP) is 1.59. The minimum Gasteiger partial charge on any atom is -0.399 e. The first-order valence-corrected chi connectivity index (χ1v) is 4.61. The summed E-state index contributed by atoms with van der Waals surface area (Å²) >= 11 is 0. The number of hydrogen-bond acceptors (Lipinski definition) is 3. The quantitative estimate of drug-likeness (QED) is 0.339. The fraction of sp³-hybridized carbons (Fsp3) is 0.182. The second-order valence-corrected chi connectivity index (χ2v) is 3.08. The molecule has 1 unspecified atom stereocenters. The van der Waals surface area contributed by atoms with E-state index >= 15 is 0 Å². The van der Waals surface area contributed by atoms with Crippen molar-refractivity contribution in [2.24, 2.45) is 4.99 Å². The molecule has 0 radical (unpaired) electrons. The van der Waals surface area contributed by atoms with Crippen molar-refractivity contribution >= 4 is 17.7 Å². The average molecular weight is 205 g/mol. The van der Waals surface area contributed by atoms with Crippen molar-refractivity contribution in [2.75, 3.05) is 10.6 Å². The van der Waals surface area contributed by atoms with Crippen molar-refractivity contribution in [3.05, 3.63) is 37.0 Å². The fourth-order valence-corrected chi connectivity index (χ4v) is 1.14. The highest BCUT2D eigenvalue weighted by atomic mass is 16.3. The summed E-state index contributed by atoms with van der Waals surface area (Å²) in [5.74, 6) is 0. The van der Waals surface area contributed by atoms with Gasteiger partial charge in [-0.15, -0.1) is 0 Å². The van der Waals surface area contributed by atoms with Crippen molar-refractivity contribution in [2.45, 2.75) is 13.2 Å². The molecular formula is C11H15N3O. The van der Waals surface area contributed by atoms with E-state index in [9.17, 15) is 5.11 Å². The standard InChI is InChI=1S/C11H15N3O/c1-3-13-8-14(9(2)15)11-6-4-10(12)5-7-11/h3-9,15H,1,12H2,2H3/b13-8-. The van der Waals surface area contributed by atoms with Crippen LogP contribution in [0.2, 0.25) is 0 Å². The molecule has 0 aromatic heterocycles. The number of nitrogens with two attached hydrogens (primary N) is 1. The predicted molar refractivity (Wildman–Crippen MR) is 63.7 cm³/mol. The van der Waals surface area contributed by atoms with Crippen LogP contribution in [-0.4, -0.2) is 17.7 Å². The van der Waals surface area contributed by atoms with E-state index < -0.39 is 6.23 Å². The summed E-state index contributed by atoms with van der Waals surface area (Å²) in [4.78, 5) is 5.48. The SMILES string of the molecule is C=C/N=C\N(c1ccc(N)cc1)C(C)O. The Morgan fingerprint density at radius 2 is 2.07 bits per heavy atom. The smallest absolute Gasteiger partial charge is 0.129 e. The molecule has 0 aliphatic carbocycles. The molecule has 1 rings (SSSR count). The number of anilines is 2. The van der Waals surface area contributed by atoms with E-state index in [4.69, 9.17) is 5.73 Å². The van der Waals surface area contributed by atoms with Crippen LogP contribution in [0.15, 0.2) is 42.0 Å². The van der Waals surface area contributed by atoms with Crippen LogP contribution >= 0.6 is 0 Å². The first-order valence-electron chi connectivity index (χ1n) is 4.61. The van der Waals surface area contributed by atoms with Gasteiger partial charge in [0.1, 0.15) is 6.23 Å². The maximum absolute atomic E-state index is 9.53. The van der Waals surface area contributed by atoms with Gasteiger partial charge in [0.05, 0.1) is 6.34 Å². The Morgan fingerprint density at radius 1 is 1.47 bits per heavy atom. The first kappa shape index (κ1) is 11.3. The molecule has 0 heterocycles. The van der Waals surface area contributed by atoms with Crippen molar-refractivity contribution in [3.8, 4) is 0 Å². The molecule has 0 aliphatic rings. The lowest BCUT2D eigenvalue weighted by atomic mass is 10.2. The van der Waals surface area contributed by atoms with E-state index in [2.05, 4.69) is 11.6 Å². The monoisotopic (exact) mass is 205 g/mol. The van der Waals surface area contributed by atoms with Crippen molar-refractivity contribution in [3.63, 3.8) is 0 Å². The minimum atomic E-state index is -0.655. The van der Waals surface area contributed by atoms with Gasteiger partial charge in [0, 0.05) is 17.6 Å². The zero-order chi connectivity index (χ0) is 11.3. The fourth-order valence-electron chi connectivity index (χ4n) is 1.14. The number of hydrogen-bond donors (Lipinski definition) is 2. The molecule has 1 aromatic rings. The van der Waals surface area contributed by atoms with Gasteiger partial charge in [-0.1, -0.05) is 6.58 Å². The van der Waals surface area contributed by atoms with Gasteiger partial charge in [0.25, 0.3) is 0 Å². The Balaban J connectivity index is 2.93. The second-order valence-electron chi connectivity index (χ2n) is 3.08. The van der Waals surface area contributed by atoms with E-state index in [-0.39, 0.29) is 0 Å². The second kappa shape index (κ2) is 5.17. The highest BCUT2D eigenvalue weighted by Gasteiger charge is 2.08. The number of rotatable bonds is 4. The topological polar surface area (TPSA) is 61.8 Å². The first-order chi connectivity index (χ1) is 7.15. The lowest BCUT2D eigenvalue weighted by Gasteiger charge is -2.22. The molecule has 0 spiro atoms. The molecular weight excluding hydrogens is 190 g/mol. The lowest BCUT2D eigenvalue weighted by Crippen LogP contribution is -2.31. The Hall–Kier alpha value is -1.81. The van der Waals surface area contributed by atoms with Gasteiger partial charge < -0.3 is 15.7 Å².